The number of aromatic hydroxyl groups is 2. The zero-order valence-electron chi connectivity index (χ0n) is 17.5. The van der Waals surface area contributed by atoms with Gasteiger partial charge in [0.2, 0.25) is 11.6 Å². The normalized spacial score (nSPS) is 11.6. The van der Waals surface area contributed by atoms with Gasteiger partial charge in [0.15, 0.2) is 0 Å². The van der Waals surface area contributed by atoms with E-state index < -0.39 is 11.6 Å². The number of phenolic OH excluding ortho intramolecular Hbond substituents is 2. The van der Waals surface area contributed by atoms with Gasteiger partial charge in [-0.25, -0.2) is 0 Å². The standard InChI is InChI=1S/C24H26O6/c1-23(2,27-19-9-5-17(25)6-10-19)29-21-13-15-22(16-14-21)30-24(3,4)28-20-11-7-18(26)8-12-20/h5-16,25-26H,1-4H3. The average molecular weight is 410 g/mol. The minimum Gasteiger partial charge on any atom is -0.508 e. The molecular weight excluding hydrogens is 384 g/mol. The van der Waals surface area contributed by atoms with Gasteiger partial charge < -0.3 is 29.2 Å². The second-order valence-electron chi connectivity index (χ2n) is 7.67. The number of hydrogen-bond donors (Lipinski definition) is 2. The molecule has 0 bridgehead atoms. The van der Waals surface area contributed by atoms with Crippen LogP contribution in [0.2, 0.25) is 0 Å². The van der Waals surface area contributed by atoms with Crippen LogP contribution < -0.4 is 18.9 Å². The van der Waals surface area contributed by atoms with Crippen LogP contribution in [0.1, 0.15) is 27.7 Å². The van der Waals surface area contributed by atoms with Crippen molar-refractivity contribution in [3.8, 4) is 34.5 Å². The van der Waals surface area contributed by atoms with Crippen molar-refractivity contribution in [1.82, 2.24) is 0 Å². The second kappa shape index (κ2) is 8.45. The highest BCUT2D eigenvalue weighted by atomic mass is 16.7. The Hall–Kier alpha value is -3.54. The molecule has 30 heavy (non-hydrogen) atoms. The van der Waals surface area contributed by atoms with Crippen molar-refractivity contribution in [1.29, 1.82) is 0 Å². The second-order valence-corrected chi connectivity index (χ2v) is 7.67. The molecule has 0 fully saturated rings. The predicted molar refractivity (Wildman–Crippen MR) is 113 cm³/mol. The summed E-state index contributed by atoms with van der Waals surface area (Å²) in [6, 6.07) is 20.1. The molecule has 0 saturated carbocycles. The Morgan fingerprint density at radius 3 is 0.867 bits per heavy atom. The highest BCUT2D eigenvalue weighted by Crippen LogP contribution is 2.28. The Morgan fingerprint density at radius 1 is 0.433 bits per heavy atom. The number of ether oxygens (including phenoxy) is 4. The van der Waals surface area contributed by atoms with Gasteiger partial charge >= 0.3 is 0 Å². The Labute approximate surface area is 176 Å². The number of phenols is 2. The Balaban J connectivity index is 1.59. The number of benzene rings is 3. The topological polar surface area (TPSA) is 77.4 Å². The SMILES string of the molecule is CC(C)(Oc1ccc(O)cc1)Oc1ccc(OC(C)(C)Oc2ccc(O)cc2)cc1. The van der Waals surface area contributed by atoms with Crippen molar-refractivity contribution < 1.29 is 29.2 Å². The van der Waals surface area contributed by atoms with E-state index in [0.29, 0.717) is 23.0 Å². The molecule has 0 radical (unpaired) electrons. The lowest BCUT2D eigenvalue weighted by molar-refractivity contribution is -0.0838. The van der Waals surface area contributed by atoms with E-state index >= 15 is 0 Å². The third-order valence-electron chi connectivity index (χ3n) is 3.95. The lowest BCUT2D eigenvalue weighted by atomic mass is 10.3. The first-order valence-electron chi connectivity index (χ1n) is 9.54. The largest absolute Gasteiger partial charge is 0.508 e. The molecule has 3 aromatic carbocycles. The fraction of sp³-hybridized carbons (Fsp3) is 0.250. The summed E-state index contributed by atoms with van der Waals surface area (Å²) in [6.45, 7) is 7.22. The molecular formula is C24H26O6. The summed E-state index contributed by atoms with van der Waals surface area (Å²) in [5.41, 5.74) is 0. The number of rotatable bonds is 8. The molecule has 0 aromatic heterocycles. The van der Waals surface area contributed by atoms with Gasteiger partial charge in [0.25, 0.3) is 0 Å². The summed E-state index contributed by atoms with van der Waals surface area (Å²) < 4.78 is 23.6. The number of hydrogen-bond acceptors (Lipinski definition) is 6. The molecule has 0 amide bonds. The molecule has 3 aromatic rings. The van der Waals surface area contributed by atoms with E-state index in [0.717, 1.165) is 0 Å². The van der Waals surface area contributed by atoms with Gasteiger partial charge in [0.05, 0.1) is 0 Å². The highest BCUT2D eigenvalue weighted by Gasteiger charge is 2.24. The molecule has 0 atom stereocenters. The minimum atomic E-state index is -0.916. The molecule has 158 valence electrons. The van der Waals surface area contributed by atoms with Crippen molar-refractivity contribution in [3.05, 3.63) is 72.8 Å². The van der Waals surface area contributed by atoms with Crippen LogP contribution in [0.15, 0.2) is 72.8 Å². The van der Waals surface area contributed by atoms with Gasteiger partial charge in [-0.3, -0.25) is 0 Å². The summed E-state index contributed by atoms with van der Waals surface area (Å²) in [5, 5.41) is 18.7. The third kappa shape index (κ3) is 6.24. The molecule has 0 unspecified atom stereocenters. The van der Waals surface area contributed by atoms with Crippen LogP contribution in [0.4, 0.5) is 0 Å². The summed E-state index contributed by atoms with van der Waals surface area (Å²) in [6.07, 6.45) is 0. The van der Waals surface area contributed by atoms with E-state index in [-0.39, 0.29) is 11.5 Å². The monoisotopic (exact) mass is 410 g/mol. The predicted octanol–water partition coefficient (Wildman–Crippen LogP) is 5.49. The van der Waals surface area contributed by atoms with Gasteiger partial charge in [0.1, 0.15) is 34.5 Å². The fourth-order valence-corrected chi connectivity index (χ4v) is 2.78. The first-order valence-corrected chi connectivity index (χ1v) is 9.54. The van der Waals surface area contributed by atoms with E-state index in [9.17, 15) is 10.2 Å². The zero-order valence-corrected chi connectivity index (χ0v) is 17.5. The molecule has 2 N–H and O–H groups in total. The fourth-order valence-electron chi connectivity index (χ4n) is 2.78. The van der Waals surface area contributed by atoms with E-state index in [4.69, 9.17) is 18.9 Å². The van der Waals surface area contributed by atoms with Crippen LogP contribution in [0.3, 0.4) is 0 Å². The maximum atomic E-state index is 9.37. The van der Waals surface area contributed by atoms with E-state index in [2.05, 4.69) is 0 Å². The third-order valence-corrected chi connectivity index (χ3v) is 3.95. The molecule has 0 saturated heterocycles. The quantitative estimate of drug-likeness (QED) is 0.479. The van der Waals surface area contributed by atoms with Gasteiger partial charge in [-0.2, -0.15) is 0 Å². The van der Waals surface area contributed by atoms with Crippen LogP contribution in [0, 0.1) is 0 Å². The summed E-state index contributed by atoms with van der Waals surface area (Å²) in [7, 11) is 0. The van der Waals surface area contributed by atoms with E-state index in [1.54, 1.807) is 100 Å². The van der Waals surface area contributed by atoms with Crippen LogP contribution in [0.25, 0.3) is 0 Å². The summed E-state index contributed by atoms with van der Waals surface area (Å²) in [4.78, 5) is 0. The van der Waals surface area contributed by atoms with Crippen LogP contribution in [-0.4, -0.2) is 21.8 Å². The first-order chi connectivity index (χ1) is 14.1. The van der Waals surface area contributed by atoms with Gasteiger partial charge in [0, 0.05) is 27.7 Å². The molecule has 0 aliphatic rings. The van der Waals surface area contributed by atoms with Crippen molar-refractivity contribution in [2.45, 2.75) is 39.3 Å². The maximum Gasteiger partial charge on any atom is 0.245 e. The van der Waals surface area contributed by atoms with Gasteiger partial charge in [-0.1, -0.05) is 0 Å². The lowest BCUT2D eigenvalue weighted by Gasteiger charge is -2.29. The maximum absolute atomic E-state index is 9.37. The summed E-state index contributed by atoms with van der Waals surface area (Å²) >= 11 is 0. The van der Waals surface area contributed by atoms with E-state index in [1.807, 2.05) is 0 Å². The smallest absolute Gasteiger partial charge is 0.245 e. The average Bonchev–Trinajstić information content (AvgIpc) is 2.66. The lowest BCUT2D eigenvalue weighted by Crippen LogP contribution is -2.35. The van der Waals surface area contributed by atoms with Crippen molar-refractivity contribution in [2.24, 2.45) is 0 Å². The summed E-state index contributed by atoms with van der Waals surface area (Å²) in [5.74, 6) is 0.924. The Bertz CT molecular complexity index is 864. The molecule has 3 rings (SSSR count). The highest BCUT2D eigenvalue weighted by molar-refractivity contribution is 5.34. The van der Waals surface area contributed by atoms with Gasteiger partial charge in [-0.05, 0) is 72.8 Å². The molecule has 0 aliphatic heterocycles. The molecule has 0 spiro atoms. The van der Waals surface area contributed by atoms with Crippen molar-refractivity contribution in [3.63, 3.8) is 0 Å². The van der Waals surface area contributed by atoms with Crippen LogP contribution in [-0.2, 0) is 0 Å². The molecule has 0 heterocycles. The molecule has 0 aliphatic carbocycles. The van der Waals surface area contributed by atoms with Crippen molar-refractivity contribution in [2.75, 3.05) is 0 Å². The molecule has 6 heteroatoms. The Kier molecular flexibility index (Phi) is 5.96. The van der Waals surface area contributed by atoms with Crippen molar-refractivity contribution >= 4 is 0 Å². The molecule has 6 nitrogen and oxygen atoms in total. The van der Waals surface area contributed by atoms with Crippen LogP contribution in [0.5, 0.6) is 34.5 Å². The van der Waals surface area contributed by atoms with Gasteiger partial charge in [-0.15, -0.1) is 0 Å². The zero-order chi connectivity index (χ0) is 21.8. The van der Waals surface area contributed by atoms with E-state index in [1.165, 1.54) is 0 Å². The minimum absolute atomic E-state index is 0.175. The first kappa shape index (κ1) is 21.2. The Morgan fingerprint density at radius 2 is 0.633 bits per heavy atom. The van der Waals surface area contributed by atoms with Crippen LogP contribution >= 0.6 is 0 Å².